The molecule has 1 N–H and O–H groups in total. The summed E-state index contributed by atoms with van der Waals surface area (Å²) in [5, 5.41) is 8.93. The van der Waals surface area contributed by atoms with E-state index >= 15 is 0 Å². The standard InChI is InChI=1S/C16H17FN2O2/c1-11-5-3-7-13(18-11)10-19(2)9-12-6-4-8-14(15(12)17)16(20)21/h3-8H,9-10H2,1-2H3,(H,20,21). The fraction of sp³-hybridized carbons (Fsp3) is 0.250. The van der Waals surface area contributed by atoms with Gasteiger partial charge in [-0.15, -0.1) is 0 Å². The first-order chi connectivity index (χ1) is 9.97. The third kappa shape index (κ3) is 3.86. The van der Waals surface area contributed by atoms with Gasteiger partial charge in [-0.2, -0.15) is 0 Å². The molecule has 0 bridgehead atoms. The Balaban J connectivity index is 2.11. The van der Waals surface area contributed by atoms with Crippen LogP contribution in [0.4, 0.5) is 4.39 Å². The summed E-state index contributed by atoms with van der Waals surface area (Å²) in [4.78, 5) is 17.2. The van der Waals surface area contributed by atoms with Crippen LogP contribution >= 0.6 is 0 Å². The summed E-state index contributed by atoms with van der Waals surface area (Å²) in [5.41, 5.74) is 1.90. The molecule has 0 amide bonds. The van der Waals surface area contributed by atoms with E-state index in [9.17, 15) is 9.18 Å². The Hall–Kier alpha value is -2.27. The zero-order valence-corrected chi connectivity index (χ0v) is 12.0. The lowest BCUT2D eigenvalue weighted by Gasteiger charge is -2.17. The number of hydrogen-bond acceptors (Lipinski definition) is 3. The molecule has 0 saturated carbocycles. The summed E-state index contributed by atoms with van der Waals surface area (Å²) in [6.45, 7) is 2.81. The maximum atomic E-state index is 14.1. The van der Waals surface area contributed by atoms with Gasteiger partial charge in [0.25, 0.3) is 0 Å². The maximum Gasteiger partial charge on any atom is 0.338 e. The van der Waals surface area contributed by atoms with E-state index in [1.165, 1.54) is 6.07 Å². The summed E-state index contributed by atoms with van der Waals surface area (Å²) in [5.74, 6) is -1.92. The topological polar surface area (TPSA) is 53.4 Å². The van der Waals surface area contributed by atoms with E-state index in [1.54, 1.807) is 12.1 Å². The van der Waals surface area contributed by atoms with Crippen molar-refractivity contribution in [3.8, 4) is 0 Å². The molecule has 0 radical (unpaired) electrons. The molecule has 0 spiro atoms. The van der Waals surface area contributed by atoms with Crippen molar-refractivity contribution < 1.29 is 14.3 Å². The Kier molecular flexibility index (Phi) is 4.65. The Morgan fingerprint density at radius 2 is 1.95 bits per heavy atom. The monoisotopic (exact) mass is 288 g/mol. The van der Waals surface area contributed by atoms with Crippen molar-refractivity contribution in [2.45, 2.75) is 20.0 Å². The molecule has 0 fully saturated rings. The van der Waals surface area contributed by atoms with Crippen LogP contribution in [0.2, 0.25) is 0 Å². The van der Waals surface area contributed by atoms with Crippen LogP contribution < -0.4 is 0 Å². The zero-order valence-electron chi connectivity index (χ0n) is 12.0. The summed E-state index contributed by atoms with van der Waals surface area (Å²) < 4.78 is 14.1. The van der Waals surface area contributed by atoms with E-state index in [-0.39, 0.29) is 5.56 Å². The lowest BCUT2D eigenvalue weighted by molar-refractivity contribution is 0.0691. The molecule has 2 rings (SSSR count). The number of carboxylic acids is 1. The number of aromatic nitrogens is 1. The fourth-order valence-corrected chi connectivity index (χ4v) is 2.18. The number of aryl methyl sites for hydroxylation is 1. The molecular weight excluding hydrogens is 271 g/mol. The van der Waals surface area contributed by atoms with Gasteiger partial charge in [0, 0.05) is 24.3 Å². The highest BCUT2D eigenvalue weighted by molar-refractivity contribution is 5.88. The number of hydrogen-bond donors (Lipinski definition) is 1. The second-order valence-electron chi connectivity index (χ2n) is 5.03. The predicted octanol–water partition coefficient (Wildman–Crippen LogP) is 2.86. The predicted molar refractivity (Wildman–Crippen MR) is 77.5 cm³/mol. The summed E-state index contributed by atoms with van der Waals surface area (Å²) in [6, 6.07) is 10.2. The number of carbonyl (C=O) groups is 1. The fourth-order valence-electron chi connectivity index (χ4n) is 2.18. The van der Waals surface area contributed by atoms with E-state index in [4.69, 9.17) is 5.11 Å². The van der Waals surface area contributed by atoms with E-state index in [2.05, 4.69) is 4.98 Å². The third-order valence-corrected chi connectivity index (χ3v) is 3.13. The number of nitrogens with zero attached hydrogens (tertiary/aromatic N) is 2. The molecule has 1 aromatic carbocycles. The minimum atomic E-state index is -1.25. The van der Waals surface area contributed by atoms with E-state index < -0.39 is 11.8 Å². The Morgan fingerprint density at radius 1 is 1.24 bits per heavy atom. The normalized spacial score (nSPS) is 10.9. The highest BCUT2D eigenvalue weighted by atomic mass is 19.1. The second kappa shape index (κ2) is 6.45. The third-order valence-electron chi connectivity index (χ3n) is 3.13. The van der Waals surface area contributed by atoms with E-state index in [0.717, 1.165) is 11.4 Å². The van der Waals surface area contributed by atoms with Crippen LogP contribution in [0.5, 0.6) is 0 Å². The molecule has 0 aliphatic carbocycles. The van der Waals surface area contributed by atoms with Crippen LogP contribution in [0, 0.1) is 12.7 Å². The number of rotatable bonds is 5. The van der Waals surface area contributed by atoms with Crippen molar-refractivity contribution in [3.05, 3.63) is 64.7 Å². The van der Waals surface area contributed by atoms with Gasteiger partial charge in [-0.1, -0.05) is 18.2 Å². The molecule has 110 valence electrons. The van der Waals surface area contributed by atoms with Crippen LogP contribution in [0.15, 0.2) is 36.4 Å². The maximum absolute atomic E-state index is 14.1. The van der Waals surface area contributed by atoms with Gasteiger partial charge in [0.05, 0.1) is 11.3 Å². The average Bonchev–Trinajstić information content (AvgIpc) is 2.40. The summed E-state index contributed by atoms with van der Waals surface area (Å²) in [6.07, 6.45) is 0. The number of halogens is 1. The van der Waals surface area contributed by atoms with E-state index in [0.29, 0.717) is 18.7 Å². The van der Waals surface area contributed by atoms with Crippen molar-refractivity contribution in [1.29, 1.82) is 0 Å². The van der Waals surface area contributed by atoms with Crippen LogP contribution in [-0.2, 0) is 13.1 Å². The Bertz CT molecular complexity index is 658. The SMILES string of the molecule is Cc1cccc(CN(C)Cc2cccc(C(=O)O)c2F)n1. The molecule has 0 aliphatic heterocycles. The highest BCUT2D eigenvalue weighted by Gasteiger charge is 2.15. The van der Waals surface area contributed by atoms with Gasteiger partial charge in [0.1, 0.15) is 5.82 Å². The minimum Gasteiger partial charge on any atom is -0.478 e. The number of carboxylic acid groups (broad SMARTS) is 1. The molecule has 4 nitrogen and oxygen atoms in total. The first-order valence-corrected chi connectivity index (χ1v) is 6.59. The van der Waals surface area contributed by atoms with Crippen molar-refractivity contribution in [3.63, 3.8) is 0 Å². The first-order valence-electron chi connectivity index (χ1n) is 6.59. The number of benzene rings is 1. The summed E-state index contributed by atoms with van der Waals surface area (Å²) >= 11 is 0. The van der Waals surface area contributed by atoms with Crippen molar-refractivity contribution in [2.75, 3.05) is 7.05 Å². The quantitative estimate of drug-likeness (QED) is 0.919. The van der Waals surface area contributed by atoms with Gasteiger partial charge in [-0.3, -0.25) is 9.88 Å². The minimum absolute atomic E-state index is 0.297. The molecule has 0 unspecified atom stereocenters. The molecule has 2 aromatic rings. The Morgan fingerprint density at radius 3 is 2.62 bits per heavy atom. The lowest BCUT2D eigenvalue weighted by atomic mass is 10.1. The van der Waals surface area contributed by atoms with Gasteiger partial charge in [-0.25, -0.2) is 9.18 Å². The first kappa shape index (κ1) is 15.1. The number of aromatic carboxylic acids is 1. The summed E-state index contributed by atoms with van der Waals surface area (Å²) in [7, 11) is 1.84. The smallest absolute Gasteiger partial charge is 0.338 e. The molecule has 1 aromatic heterocycles. The van der Waals surface area contributed by atoms with Gasteiger partial charge < -0.3 is 5.11 Å². The molecule has 5 heteroatoms. The van der Waals surface area contributed by atoms with Gasteiger partial charge in [-0.05, 0) is 32.2 Å². The van der Waals surface area contributed by atoms with Crippen LogP contribution in [0.25, 0.3) is 0 Å². The lowest BCUT2D eigenvalue weighted by Crippen LogP contribution is -2.19. The molecule has 0 aliphatic rings. The molecule has 1 heterocycles. The molecule has 21 heavy (non-hydrogen) atoms. The van der Waals surface area contributed by atoms with Crippen molar-refractivity contribution in [2.24, 2.45) is 0 Å². The molecule has 0 saturated heterocycles. The van der Waals surface area contributed by atoms with E-state index in [1.807, 2.05) is 37.1 Å². The molecule has 0 atom stereocenters. The van der Waals surface area contributed by atoms with Gasteiger partial charge >= 0.3 is 5.97 Å². The molecular formula is C16H17FN2O2. The van der Waals surface area contributed by atoms with Crippen molar-refractivity contribution >= 4 is 5.97 Å². The van der Waals surface area contributed by atoms with Gasteiger partial charge in [0.15, 0.2) is 0 Å². The average molecular weight is 288 g/mol. The van der Waals surface area contributed by atoms with Crippen LogP contribution in [-0.4, -0.2) is 28.0 Å². The second-order valence-corrected chi connectivity index (χ2v) is 5.03. The number of pyridine rings is 1. The largest absolute Gasteiger partial charge is 0.478 e. The van der Waals surface area contributed by atoms with Crippen LogP contribution in [0.3, 0.4) is 0 Å². The van der Waals surface area contributed by atoms with Crippen molar-refractivity contribution in [1.82, 2.24) is 9.88 Å². The zero-order chi connectivity index (χ0) is 15.4. The highest BCUT2D eigenvalue weighted by Crippen LogP contribution is 2.15. The van der Waals surface area contributed by atoms with Gasteiger partial charge in [0.2, 0.25) is 0 Å². The van der Waals surface area contributed by atoms with Crippen LogP contribution in [0.1, 0.15) is 27.3 Å². The Labute approximate surface area is 122 Å².